The predicted molar refractivity (Wildman–Crippen MR) is 83.1 cm³/mol. The first-order valence-electron chi connectivity index (χ1n) is 8.24. The molecular weight excluding hydrogens is 246 g/mol. The predicted octanol–water partition coefficient (Wildman–Crippen LogP) is 3.94. The molecule has 0 spiro atoms. The molecule has 2 nitrogen and oxygen atoms in total. The van der Waals surface area contributed by atoms with Crippen molar-refractivity contribution in [1.29, 1.82) is 0 Å². The second kappa shape index (κ2) is 5.77. The maximum Gasteiger partial charge on any atom is 0.115 e. The zero-order chi connectivity index (χ0) is 14.0. The van der Waals surface area contributed by atoms with Crippen LogP contribution in [0.1, 0.15) is 51.0 Å². The average Bonchev–Trinajstić information content (AvgIpc) is 2.79. The lowest BCUT2D eigenvalue weighted by Crippen LogP contribution is -2.35. The minimum Gasteiger partial charge on any atom is -0.508 e. The van der Waals surface area contributed by atoms with E-state index in [2.05, 4.69) is 17.9 Å². The number of nitrogens with zero attached hydrogens (tertiary/aromatic N) is 1. The molecule has 1 aliphatic heterocycles. The Kier molecular flexibility index (Phi) is 4.02. The van der Waals surface area contributed by atoms with Crippen molar-refractivity contribution in [3.8, 4) is 5.75 Å². The molecule has 1 atom stereocenters. The van der Waals surface area contributed by atoms with E-state index in [4.69, 9.17) is 0 Å². The van der Waals surface area contributed by atoms with Crippen molar-refractivity contribution in [3.63, 3.8) is 0 Å². The zero-order valence-electron chi connectivity index (χ0n) is 12.6. The third kappa shape index (κ3) is 2.71. The van der Waals surface area contributed by atoms with Gasteiger partial charge in [0.25, 0.3) is 0 Å². The first kappa shape index (κ1) is 13.9. The van der Waals surface area contributed by atoms with Crippen molar-refractivity contribution in [1.82, 2.24) is 4.90 Å². The Balaban J connectivity index is 1.75. The van der Waals surface area contributed by atoms with Crippen LogP contribution in [-0.2, 0) is 5.41 Å². The standard InChI is InChI=1S/C18H27NO/c1-2-9-18(16-7-4-8-17(20)12-16)10-11-19(14-18)13-15-5-3-6-15/h4,7-8,12,15,20H,2-3,5-6,9-11,13-14H2,1H3/t18-/m1/s1. The maximum atomic E-state index is 9.80. The number of phenolic OH excluding ortho intramolecular Hbond substituents is 1. The molecule has 20 heavy (non-hydrogen) atoms. The lowest BCUT2D eigenvalue weighted by atomic mass is 9.76. The fourth-order valence-electron chi connectivity index (χ4n) is 4.05. The molecule has 0 aromatic heterocycles. The van der Waals surface area contributed by atoms with Gasteiger partial charge in [-0.2, -0.15) is 0 Å². The molecule has 1 aromatic carbocycles. The van der Waals surface area contributed by atoms with Gasteiger partial charge in [0.05, 0.1) is 0 Å². The Bertz CT molecular complexity index is 454. The van der Waals surface area contributed by atoms with Crippen molar-refractivity contribution < 1.29 is 5.11 Å². The van der Waals surface area contributed by atoms with Crippen LogP contribution in [-0.4, -0.2) is 29.6 Å². The van der Waals surface area contributed by atoms with E-state index in [0.29, 0.717) is 5.75 Å². The highest BCUT2D eigenvalue weighted by atomic mass is 16.3. The molecule has 3 rings (SSSR count). The fourth-order valence-corrected chi connectivity index (χ4v) is 4.05. The molecule has 0 radical (unpaired) electrons. The van der Waals surface area contributed by atoms with Gasteiger partial charge in [-0.3, -0.25) is 0 Å². The summed E-state index contributed by atoms with van der Waals surface area (Å²) < 4.78 is 0. The molecule has 2 heteroatoms. The van der Waals surface area contributed by atoms with Crippen molar-refractivity contribution in [3.05, 3.63) is 29.8 Å². The number of hydrogen-bond donors (Lipinski definition) is 1. The van der Waals surface area contributed by atoms with Crippen molar-refractivity contribution in [2.45, 2.75) is 50.9 Å². The van der Waals surface area contributed by atoms with E-state index in [1.165, 1.54) is 63.7 Å². The summed E-state index contributed by atoms with van der Waals surface area (Å²) in [5, 5.41) is 9.80. The van der Waals surface area contributed by atoms with E-state index in [1.54, 1.807) is 6.07 Å². The lowest BCUT2D eigenvalue weighted by Gasteiger charge is -2.33. The molecule has 0 amide bonds. The Hall–Kier alpha value is -1.02. The molecule has 2 fully saturated rings. The van der Waals surface area contributed by atoms with Gasteiger partial charge in [-0.05, 0) is 55.8 Å². The van der Waals surface area contributed by atoms with Gasteiger partial charge in [-0.1, -0.05) is 31.9 Å². The Morgan fingerprint density at radius 2 is 2.20 bits per heavy atom. The highest BCUT2D eigenvalue weighted by Crippen LogP contribution is 2.41. The topological polar surface area (TPSA) is 23.5 Å². The summed E-state index contributed by atoms with van der Waals surface area (Å²) in [6.45, 7) is 5.98. The molecule has 1 N–H and O–H groups in total. The average molecular weight is 273 g/mol. The van der Waals surface area contributed by atoms with Crippen LogP contribution in [0, 0.1) is 5.92 Å². The minimum atomic E-state index is 0.275. The van der Waals surface area contributed by atoms with Gasteiger partial charge >= 0.3 is 0 Å². The van der Waals surface area contributed by atoms with Gasteiger partial charge in [0, 0.05) is 18.5 Å². The first-order chi connectivity index (χ1) is 9.72. The number of benzene rings is 1. The second-order valence-corrected chi connectivity index (χ2v) is 6.86. The van der Waals surface area contributed by atoms with Crippen LogP contribution in [0.3, 0.4) is 0 Å². The highest BCUT2D eigenvalue weighted by Gasteiger charge is 2.39. The summed E-state index contributed by atoms with van der Waals surface area (Å²) in [6.07, 6.45) is 8.00. The minimum absolute atomic E-state index is 0.275. The third-order valence-electron chi connectivity index (χ3n) is 5.36. The summed E-state index contributed by atoms with van der Waals surface area (Å²) in [5.74, 6) is 1.37. The summed E-state index contributed by atoms with van der Waals surface area (Å²) >= 11 is 0. The number of rotatable bonds is 5. The fraction of sp³-hybridized carbons (Fsp3) is 0.667. The lowest BCUT2D eigenvalue weighted by molar-refractivity contribution is 0.195. The molecule has 1 saturated heterocycles. The molecule has 2 aliphatic rings. The van der Waals surface area contributed by atoms with Crippen LogP contribution < -0.4 is 0 Å². The number of hydrogen-bond acceptors (Lipinski definition) is 2. The molecule has 1 aromatic rings. The molecule has 1 heterocycles. The number of likely N-dealkylation sites (tertiary alicyclic amines) is 1. The highest BCUT2D eigenvalue weighted by molar-refractivity contribution is 5.34. The van der Waals surface area contributed by atoms with Crippen molar-refractivity contribution in [2.75, 3.05) is 19.6 Å². The SMILES string of the molecule is CCC[C@@]1(c2cccc(O)c2)CCN(CC2CCC2)C1. The van der Waals surface area contributed by atoms with Crippen molar-refractivity contribution in [2.24, 2.45) is 5.92 Å². The van der Waals surface area contributed by atoms with E-state index >= 15 is 0 Å². The summed E-state index contributed by atoms with van der Waals surface area (Å²) in [5.41, 5.74) is 1.62. The van der Waals surface area contributed by atoms with Gasteiger partial charge in [-0.15, -0.1) is 0 Å². The third-order valence-corrected chi connectivity index (χ3v) is 5.36. The van der Waals surface area contributed by atoms with E-state index in [0.717, 1.165) is 5.92 Å². The smallest absolute Gasteiger partial charge is 0.115 e. The molecule has 110 valence electrons. The van der Waals surface area contributed by atoms with Crippen molar-refractivity contribution >= 4 is 0 Å². The van der Waals surface area contributed by atoms with E-state index < -0.39 is 0 Å². The van der Waals surface area contributed by atoms with Crippen LogP contribution in [0.15, 0.2) is 24.3 Å². The summed E-state index contributed by atoms with van der Waals surface area (Å²) in [7, 11) is 0. The van der Waals surface area contributed by atoms with Crippen LogP contribution in [0.25, 0.3) is 0 Å². The van der Waals surface area contributed by atoms with Gasteiger partial charge in [0.2, 0.25) is 0 Å². The molecular formula is C18H27NO. The monoisotopic (exact) mass is 273 g/mol. The van der Waals surface area contributed by atoms with Gasteiger partial charge in [0.1, 0.15) is 5.75 Å². The molecule has 0 unspecified atom stereocenters. The van der Waals surface area contributed by atoms with Gasteiger partial charge in [0.15, 0.2) is 0 Å². The maximum absolute atomic E-state index is 9.80. The van der Waals surface area contributed by atoms with E-state index in [1.807, 2.05) is 12.1 Å². The molecule has 1 aliphatic carbocycles. The molecule has 1 saturated carbocycles. The first-order valence-corrected chi connectivity index (χ1v) is 8.24. The van der Waals surface area contributed by atoms with Gasteiger partial charge in [-0.25, -0.2) is 0 Å². The number of phenols is 1. The van der Waals surface area contributed by atoms with Crippen LogP contribution >= 0.6 is 0 Å². The number of aromatic hydroxyl groups is 1. The normalized spacial score (nSPS) is 27.6. The molecule has 0 bridgehead atoms. The Morgan fingerprint density at radius 1 is 1.35 bits per heavy atom. The van der Waals surface area contributed by atoms with E-state index in [-0.39, 0.29) is 5.41 Å². The van der Waals surface area contributed by atoms with Crippen LogP contribution in [0.4, 0.5) is 0 Å². The van der Waals surface area contributed by atoms with E-state index in [9.17, 15) is 5.11 Å². The van der Waals surface area contributed by atoms with Crippen LogP contribution in [0.2, 0.25) is 0 Å². The Morgan fingerprint density at radius 3 is 2.85 bits per heavy atom. The van der Waals surface area contributed by atoms with Crippen LogP contribution in [0.5, 0.6) is 5.75 Å². The van der Waals surface area contributed by atoms with Gasteiger partial charge < -0.3 is 10.0 Å². The summed E-state index contributed by atoms with van der Waals surface area (Å²) in [6, 6.07) is 7.98. The summed E-state index contributed by atoms with van der Waals surface area (Å²) in [4.78, 5) is 2.67. The largest absolute Gasteiger partial charge is 0.508 e. The quantitative estimate of drug-likeness (QED) is 0.878. The zero-order valence-corrected chi connectivity index (χ0v) is 12.6. The second-order valence-electron chi connectivity index (χ2n) is 6.86. The Labute approximate surface area is 122 Å².